The summed E-state index contributed by atoms with van der Waals surface area (Å²) in [6, 6.07) is 5.80. The van der Waals surface area contributed by atoms with E-state index in [1.165, 1.54) is 12.1 Å². The zero-order valence-electron chi connectivity index (χ0n) is 15.0. The molecule has 26 heavy (non-hydrogen) atoms. The molecule has 1 amide bonds. The zero-order chi connectivity index (χ0) is 18.8. The molecule has 8 heteroatoms. The van der Waals surface area contributed by atoms with Crippen LogP contribution in [0.3, 0.4) is 0 Å². The quantitative estimate of drug-likeness (QED) is 0.823. The number of piperazine rings is 1. The molecule has 138 valence electrons. The molecule has 2 aromatic rings. The fourth-order valence-electron chi connectivity index (χ4n) is 2.90. The summed E-state index contributed by atoms with van der Waals surface area (Å²) in [6.07, 6.45) is 0. The van der Waals surface area contributed by atoms with E-state index in [4.69, 9.17) is 11.6 Å². The number of anilines is 2. The van der Waals surface area contributed by atoms with Crippen molar-refractivity contribution in [2.75, 3.05) is 50.1 Å². The molecule has 0 saturated carbocycles. The van der Waals surface area contributed by atoms with Gasteiger partial charge in [0.15, 0.2) is 0 Å². The van der Waals surface area contributed by atoms with E-state index in [0.29, 0.717) is 37.6 Å². The molecule has 2 heterocycles. The highest BCUT2D eigenvalue weighted by molar-refractivity contribution is 6.33. The summed E-state index contributed by atoms with van der Waals surface area (Å²) in [6.45, 7) is 4.29. The second kappa shape index (κ2) is 7.45. The Labute approximate surface area is 157 Å². The number of carbonyl (C=O) groups excluding carboxylic acids is 1. The first-order valence-electron chi connectivity index (χ1n) is 8.37. The number of hydrogen-bond acceptors (Lipinski definition) is 5. The Bertz CT molecular complexity index is 821. The normalized spacial score (nSPS) is 14.5. The maximum Gasteiger partial charge on any atom is 0.255 e. The predicted molar refractivity (Wildman–Crippen MR) is 101 cm³/mol. The second-order valence-corrected chi connectivity index (χ2v) is 6.84. The maximum absolute atomic E-state index is 13.2. The number of hydrogen-bond donors (Lipinski definition) is 0. The van der Waals surface area contributed by atoms with Gasteiger partial charge in [0.2, 0.25) is 0 Å². The van der Waals surface area contributed by atoms with Gasteiger partial charge in [-0.1, -0.05) is 11.6 Å². The Kier molecular flexibility index (Phi) is 5.27. The second-order valence-electron chi connectivity index (χ2n) is 6.43. The van der Waals surface area contributed by atoms with Gasteiger partial charge in [0.25, 0.3) is 5.91 Å². The summed E-state index contributed by atoms with van der Waals surface area (Å²) >= 11 is 6.01. The first kappa shape index (κ1) is 18.4. The van der Waals surface area contributed by atoms with Gasteiger partial charge in [0.05, 0.1) is 10.6 Å². The number of benzene rings is 1. The number of amides is 1. The molecule has 1 fully saturated rings. The van der Waals surface area contributed by atoms with Crippen molar-refractivity contribution in [3.8, 4) is 0 Å². The predicted octanol–water partition coefficient (Wildman–Crippen LogP) is 2.61. The van der Waals surface area contributed by atoms with E-state index in [-0.39, 0.29) is 10.9 Å². The highest BCUT2D eigenvalue weighted by Crippen LogP contribution is 2.22. The summed E-state index contributed by atoms with van der Waals surface area (Å²) in [7, 11) is 3.88. The van der Waals surface area contributed by atoms with Gasteiger partial charge in [-0.15, -0.1) is 0 Å². The van der Waals surface area contributed by atoms with Crippen LogP contribution in [0.4, 0.5) is 16.0 Å². The number of nitrogens with zero attached hydrogens (tertiary/aromatic N) is 5. The SMILES string of the molecule is Cc1nc(N(C)C)cc(N2CCN(C(=O)c3ccc(F)cc3Cl)CC2)n1. The molecule has 1 aromatic carbocycles. The van der Waals surface area contributed by atoms with Crippen LogP contribution in [-0.4, -0.2) is 61.0 Å². The van der Waals surface area contributed by atoms with Crippen LogP contribution >= 0.6 is 11.6 Å². The van der Waals surface area contributed by atoms with Gasteiger partial charge >= 0.3 is 0 Å². The monoisotopic (exact) mass is 377 g/mol. The van der Waals surface area contributed by atoms with Gasteiger partial charge in [-0.25, -0.2) is 14.4 Å². The molecule has 0 radical (unpaired) electrons. The largest absolute Gasteiger partial charge is 0.363 e. The molecular weight excluding hydrogens is 357 g/mol. The smallest absolute Gasteiger partial charge is 0.255 e. The van der Waals surface area contributed by atoms with Crippen LogP contribution in [0.25, 0.3) is 0 Å². The molecule has 3 rings (SSSR count). The summed E-state index contributed by atoms with van der Waals surface area (Å²) in [5.74, 6) is 1.79. The van der Waals surface area contributed by atoms with E-state index in [0.717, 1.165) is 17.7 Å². The molecule has 0 unspecified atom stereocenters. The van der Waals surface area contributed by atoms with E-state index in [1.807, 2.05) is 32.0 Å². The van der Waals surface area contributed by atoms with Crippen LogP contribution in [0.1, 0.15) is 16.2 Å². The minimum atomic E-state index is -0.452. The first-order chi connectivity index (χ1) is 12.3. The van der Waals surface area contributed by atoms with Crippen LogP contribution in [0.2, 0.25) is 5.02 Å². The number of halogens is 2. The number of aryl methyl sites for hydroxylation is 1. The molecule has 1 aliphatic heterocycles. The van der Waals surface area contributed by atoms with Crippen molar-refractivity contribution in [2.24, 2.45) is 0 Å². The summed E-state index contributed by atoms with van der Waals surface area (Å²) < 4.78 is 13.2. The number of carbonyl (C=O) groups is 1. The van der Waals surface area contributed by atoms with Crippen molar-refractivity contribution >= 4 is 29.1 Å². The minimum absolute atomic E-state index is 0.138. The van der Waals surface area contributed by atoms with E-state index in [9.17, 15) is 9.18 Å². The van der Waals surface area contributed by atoms with Crippen LogP contribution in [0.5, 0.6) is 0 Å². The van der Waals surface area contributed by atoms with E-state index in [1.54, 1.807) is 4.90 Å². The topological polar surface area (TPSA) is 52.6 Å². The van der Waals surface area contributed by atoms with Crippen LogP contribution < -0.4 is 9.80 Å². The third-order valence-corrected chi connectivity index (χ3v) is 4.63. The van der Waals surface area contributed by atoms with Crippen molar-refractivity contribution < 1.29 is 9.18 Å². The van der Waals surface area contributed by atoms with Crippen LogP contribution in [0.15, 0.2) is 24.3 Å². The average molecular weight is 378 g/mol. The Morgan fingerprint density at radius 3 is 2.46 bits per heavy atom. The molecule has 6 nitrogen and oxygen atoms in total. The minimum Gasteiger partial charge on any atom is -0.363 e. The highest BCUT2D eigenvalue weighted by atomic mass is 35.5. The van der Waals surface area contributed by atoms with Crippen LogP contribution in [0, 0.1) is 12.7 Å². The van der Waals surface area contributed by atoms with Gasteiger partial charge in [0.1, 0.15) is 23.3 Å². The van der Waals surface area contributed by atoms with Gasteiger partial charge in [-0.05, 0) is 25.1 Å². The lowest BCUT2D eigenvalue weighted by atomic mass is 10.1. The third-order valence-electron chi connectivity index (χ3n) is 4.32. The summed E-state index contributed by atoms with van der Waals surface area (Å²) in [5.41, 5.74) is 0.328. The lowest BCUT2D eigenvalue weighted by Crippen LogP contribution is -2.49. The molecule has 0 bridgehead atoms. The molecular formula is C18H21ClFN5O. The molecule has 1 saturated heterocycles. The maximum atomic E-state index is 13.2. The third kappa shape index (κ3) is 3.88. The number of aromatic nitrogens is 2. The molecule has 1 aromatic heterocycles. The average Bonchev–Trinajstić information content (AvgIpc) is 2.61. The summed E-state index contributed by atoms with van der Waals surface area (Å²) in [4.78, 5) is 27.4. The molecule has 0 atom stereocenters. The Morgan fingerprint density at radius 1 is 1.15 bits per heavy atom. The van der Waals surface area contributed by atoms with Crippen molar-refractivity contribution in [3.05, 3.63) is 46.5 Å². The van der Waals surface area contributed by atoms with Gasteiger partial charge in [-0.3, -0.25) is 4.79 Å². The first-order valence-corrected chi connectivity index (χ1v) is 8.75. The zero-order valence-corrected chi connectivity index (χ0v) is 15.8. The van der Waals surface area contributed by atoms with Gasteiger partial charge in [0, 0.05) is 46.3 Å². The van der Waals surface area contributed by atoms with Crippen LogP contribution in [-0.2, 0) is 0 Å². The Morgan fingerprint density at radius 2 is 1.85 bits per heavy atom. The van der Waals surface area contributed by atoms with Crippen molar-refractivity contribution in [2.45, 2.75) is 6.92 Å². The Balaban J connectivity index is 1.70. The van der Waals surface area contributed by atoms with E-state index in [2.05, 4.69) is 14.9 Å². The lowest BCUT2D eigenvalue weighted by Gasteiger charge is -2.35. The van der Waals surface area contributed by atoms with Gasteiger partial charge < -0.3 is 14.7 Å². The highest BCUT2D eigenvalue weighted by Gasteiger charge is 2.25. The van der Waals surface area contributed by atoms with E-state index >= 15 is 0 Å². The van der Waals surface area contributed by atoms with Crippen molar-refractivity contribution in [1.29, 1.82) is 0 Å². The standard InChI is InChI=1S/C18H21ClFN5O/c1-12-21-16(23(2)3)11-17(22-12)24-6-8-25(9-7-24)18(26)14-5-4-13(20)10-15(14)19/h4-5,10-11H,6-9H2,1-3H3. The summed E-state index contributed by atoms with van der Waals surface area (Å²) in [5, 5.41) is 0.138. The number of rotatable bonds is 3. The lowest BCUT2D eigenvalue weighted by molar-refractivity contribution is 0.0746. The molecule has 0 spiro atoms. The Hall–Kier alpha value is -2.41. The van der Waals surface area contributed by atoms with Gasteiger partial charge in [-0.2, -0.15) is 0 Å². The molecule has 0 N–H and O–H groups in total. The van der Waals surface area contributed by atoms with Crippen molar-refractivity contribution in [3.63, 3.8) is 0 Å². The van der Waals surface area contributed by atoms with Crippen molar-refractivity contribution in [1.82, 2.24) is 14.9 Å². The molecule has 1 aliphatic rings. The fraction of sp³-hybridized carbons (Fsp3) is 0.389. The molecule has 0 aliphatic carbocycles. The van der Waals surface area contributed by atoms with E-state index < -0.39 is 5.82 Å². The fourth-order valence-corrected chi connectivity index (χ4v) is 3.15.